The predicted octanol–water partition coefficient (Wildman–Crippen LogP) is 3.66. The topological polar surface area (TPSA) is 108 Å². The Balaban J connectivity index is 1.84. The van der Waals surface area contributed by atoms with Crippen LogP contribution in [-0.4, -0.2) is 35.3 Å². The van der Waals surface area contributed by atoms with Gasteiger partial charge in [-0.1, -0.05) is 12.1 Å². The zero-order chi connectivity index (χ0) is 20.5. The standard InChI is InChI=1S/C19H20N2O6S/c1-3-26-17-7-5-4-6-16(17)20-19(23)13(2)27-18(22)12-28-15-10-8-14(9-11-15)21(24)25/h4-11,13H,3,12H2,1-2H3,(H,20,23)/t13-/m0/s1. The largest absolute Gasteiger partial charge is 0.492 e. The Morgan fingerprint density at radius 2 is 1.86 bits per heavy atom. The van der Waals surface area contributed by atoms with Crippen LogP contribution in [0, 0.1) is 10.1 Å². The Labute approximate surface area is 166 Å². The molecule has 2 rings (SSSR count). The number of esters is 1. The number of hydrogen-bond acceptors (Lipinski definition) is 7. The fourth-order valence-electron chi connectivity index (χ4n) is 2.18. The molecule has 8 nitrogen and oxygen atoms in total. The lowest BCUT2D eigenvalue weighted by atomic mass is 10.2. The first-order valence-electron chi connectivity index (χ1n) is 8.50. The Hall–Kier alpha value is -3.07. The monoisotopic (exact) mass is 404 g/mol. The van der Waals surface area contributed by atoms with Gasteiger partial charge in [0.05, 0.1) is 23.0 Å². The van der Waals surface area contributed by atoms with Crippen molar-refractivity contribution in [1.29, 1.82) is 0 Å². The summed E-state index contributed by atoms with van der Waals surface area (Å²) >= 11 is 1.17. The van der Waals surface area contributed by atoms with Crippen molar-refractivity contribution in [3.05, 3.63) is 58.6 Å². The molecule has 0 saturated carbocycles. The van der Waals surface area contributed by atoms with Crippen molar-refractivity contribution in [2.24, 2.45) is 0 Å². The summed E-state index contributed by atoms with van der Waals surface area (Å²) in [7, 11) is 0. The van der Waals surface area contributed by atoms with Gasteiger partial charge in [-0.15, -0.1) is 11.8 Å². The number of non-ortho nitro benzene ring substituents is 1. The number of nitrogens with zero attached hydrogens (tertiary/aromatic N) is 1. The molecule has 0 bridgehead atoms. The van der Waals surface area contributed by atoms with Crippen molar-refractivity contribution in [2.45, 2.75) is 24.8 Å². The summed E-state index contributed by atoms with van der Waals surface area (Å²) in [6.07, 6.45) is -0.986. The third-order valence-corrected chi connectivity index (χ3v) is 4.51. The van der Waals surface area contributed by atoms with Crippen LogP contribution in [0.25, 0.3) is 0 Å². The minimum Gasteiger partial charge on any atom is -0.492 e. The van der Waals surface area contributed by atoms with Crippen molar-refractivity contribution in [1.82, 2.24) is 0 Å². The average Bonchev–Trinajstić information content (AvgIpc) is 2.68. The molecule has 9 heteroatoms. The van der Waals surface area contributed by atoms with Gasteiger partial charge in [0.1, 0.15) is 5.75 Å². The number of carbonyl (C=O) groups is 2. The lowest BCUT2D eigenvalue weighted by molar-refractivity contribution is -0.384. The molecule has 0 spiro atoms. The molecule has 0 heterocycles. The summed E-state index contributed by atoms with van der Waals surface area (Å²) in [6.45, 7) is 3.77. The van der Waals surface area contributed by atoms with E-state index in [0.29, 0.717) is 22.9 Å². The maximum Gasteiger partial charge on any atom is 0.317 e. The van der Waals surface area contributed by atoms with Gasteiger partial charge in [0.25, 0.3) is 11.6 Å². The van der Waals surface area contributed by atoms with E-state index in [1.807, 2.05) is 6.92 Å². The molecule has 0 aliphatic carbocycles. The van der Waals surface area contributed by atoms with E-state index >= 15 is 0 Å². The third kappa shape index (κ3) is 6.27. The number of nitrogens with one attached hydrogen (secondary N) is 1. The fraction of sp³-hybridized carbons (Fsp3) is 0.263. The highest BCUT2D eigenvalue weighted by Crippen LogP contribution is 2.24. The molecule has 0 aliphatic heterocycles. The molecular weight excluding hydrogens is 384 g/mol. The number of hydrogen-bond donors (Lipinski definition) is 1. The van der Waals surface area contributed by atoms with Crippen LogP contribution in [0.3, 0.4) is 0 Å². The maximum absolute atomic E-state index is 12.3. The van der Waals surface area contributed by atoms with Crippen LogP contribution in [0.15, 0.2) is 53.4 Å². The molecule has 0 aliphatic rings. The average molecular weight is 404 g/mol. The van der Waals surface area contributed by atoms with Gasteiger partial charge in [0.15, 0.2) is 6.10 Å². The van der Waals surface area contributed by atoms with Gasteiger partial charge in [0.2, 0.25) is 0 Å². The fourth-order valence-corrected chi connectivity index (χ4v) is 2.86. The van der Waals surface area contributed by atoms with Crippen LogP contribution in [0.5, 0.6) is 5.75 Å². The van der Waals surface area contributed by atoms with Crippen LogP contribution in [0.4, 0.5) is 11.4 Å². The first-order chi connectivity index (χ1) is 13.4. The SMILES string of the molecule is CCOc1ccccc1NC(=O)[C@H](C)OC(=O)CSc1ccc([N+](=O)[O-])cc1. The number of ether oxygens (including phenoxy) is 2. The Bertz CT molecular complexity index is 841. The van der Waals surface area contributed by atoms with Gasteiger partial charge < -0.3 is 14.8 Å². The van der Waals surface area contributed by atoms with E-state index in [1.165, 1.54) is 30.8 Å². The minimum atomic E-state index is -0.986. The van der Waals surface area contributed by atoms with Crippen molar-refractivity contribution in [3.63, 3.8) is 0 Å². The van der Waals surface area contributed by atoms with E-state index in [9.17, 15) is 19.7 Å². The summed E-state index contributed by atoms with van der Waals surface area (Å²) in [5, 5.41) is 13.3. The molecule has 0 saturated heterocycles. The first-order valence-corrected chi connectivity index (χ1v) is 9.48. The molecule has 1 atom stereocenters. The number of anilines is 1. The second-order valence-electron chi connectivity index (χ2n) is 5.59. The highest BCUT2D eigenvalue weighted by atomic mass is 32.2. The number of rotatable bonds is 9. The molecule has 28 heavy (non-hydrogen) atoms. The third-order valence-electron chi connectivity index (χ3n) is 3.53. The van der Waals surface area contributed by atoms with Gasteiger partial charge in [0, 0.05) is 17.0 Å². The Morgan fingerprint density at radius 1 is 1.18 bits per heavy atom. The van der Waals surface area contributed by atoms with Crippen molar-refractivity contribution in [2.75, 3.05) is 17.7 Å². The van der Waals surface area contributed by atoms with Crippen molar-refractivity contribution >= 4 is 35.0 Å². The van der Waals surface area contributed by atoms with Gasteiger partial charge >= 0.3 is 5.97 Å². The number of nitro groups is 1. The second-order valence-corrected chi connectivity index (χ2v) is 6.64. The minimum absolute atomic E-state index is 0.0229. The summed E-state index contributed by atoms with van der Waals surface area (Å²) in [5.41, 5.74) is 0.474. The lowest BCUT2D eigenvalue weighted by Gasteiger charge is -2.15. The highest BCUT2D eigenvalue weighted by molar-refractivity contribution is 8.00. The van der Waals surface area contributed by atoms with E-state index in [2.05, 4.69) is 5.32 Å². The Morgan fingerprint density at radius 3 is 2.50 bits per heavy atom. The van der Waals surface area contributed by atoms with Gasteiger partial charge in [-0.3, -0.25) is 19.7 Å². The van der Waals surface area contributed by atoms with E-state index < -0.39 is 22.9 Å². The van der Waals surface area contributed by atoms with E-state index in [0.717, 1.165) is 0 Å². The molecule has 148 valence electrons. The summed E-state index contributed by atoms with van der Waals surface area (Å²) in [5.74, 6) is -0.527. The van der Waals surface area contributed by atoms with E-state index in [4.69, 9.17) is 9.47 Å². The van der Waals surface area contributed by atoms with Gasteiger partial charge in [-0.25, -0.2) is 0 Å². The normalized spacial score (nSPS) is 11.4. The van der Waals surface area contributed by atoms with Crippen LogP contribution < -0.4 is 10.1 Å². The van der Waals surface area contributed by atoms with Crippen LogP contribution >= 0.6 is 11.8 Å². The summed E-state index contributed by atoms with van der Waals surface area (Å²) in [4.78, 5) is 35.1. The molecule has 2 aromatic carbocycles. The smallest absolute Gasteiger partial charge is 0.317 e. The van der Waals surface area contributed by atoms with Crippen molar-refractivity contribution in [3.8, 4) is 5.75 Å². The number of thioether (sulfide) groups is 1. The van der Waals surface area contributed by atoms with Gasteiger partial charge in [-0.05, 0) is 38.1 Å². The molecule has 0 unspecified atom stereocenters. The zero-order valence-electron chi connectivity index (χ0n) is 15.4. The number of amides is 1. The van der Waals surface area contributed by atoms with E-state index in [-0.39, 0.29) is 11.4 Å². The number of para-hydroxylation sites is 2. The molecule has 1 N–H and O–H groups in total. The highest BCUT2D eigenvalue weighted by Gasteiger charge is 2.19. The predicted molar refractivity (Wildman–Crippen MR) is 106 cm³/mol. The molecule has 0 radical (unpaired) electrons. The Kier molecular flexibility index (Phi) is 7.82. The summed E-state index contributed by atoms with van der Waals surface area (Å²) < 4.78 is 10.6. The van der Waals surface area contributed by atoms with Gasteiger partial charge in [-0.2, -0.15) is 0 Å². The molecule has 0 aromatic heterocycles. The van der Waals surface area contributed by atoms with Crippen molar-refractivity contribution < 1.29 is 24.0 Å². The van der Waals surface area contributed by atoms with Crippen LogP contribution in [0.1, 0.15) is 13.8 Å². The number of nitro benzene ring substituents is 1. The quantitative estimate of drug-likeness (QED) is 0.294. The van der Waals surface area contributed by atoms with Crippen LogP contribution in [0.2, 0.25) is 0 Å². The first kappa shape index (κ1) is 21.2. The van der Waals surface area contributed by atoms with Crippen LogP contribution in [-0.2, 0) is 14.3 Å². The molecule has 1 amide bonds. The second kappa shape index (κ2) is 10.3. The number of carbonyl (C=O) groups excluding carboxylic acids is 2. The molecular formula is C19H20N2O6S. The zero-order valence-corrected chi connectivity index (χ0v) is 16.2. The summed E-state index contributed by atoms with van der Waals surface area (Å²) in [6, 6.07) is 12.8. The molecule has 0 fully saturated rings. The van der Waals surface area contributed by atoms with E-state index in [1.54, 1.807) is 36.4 Å². The molecule has 2 aromatic rings. The number of benzene rings is 2. The lowest BCUT2D eigenvalue weighted by Crippen LogP contribution is -2.30. The maximum atomic E-state index is 12.3.